The fourth-order valence-corrected chi connectivity index (χ4v) is 2.39. The van der Waals surface area contributed by atoms with Gasteiger partial charge >= 0.3 is 0 Å². The minimum atomic E-state index is -0.222. The average Bonchev–Trinajstić information content (AvgIpc) is 3.02. The van der Waals surface area contributed by atoms with Crippen LogP contribution in [0.25, 0.3) is 17.1 Å². The van der Waals surface area contributed by atoms with Crippen molar-refractivity contribution in [2.24, 2.45) is 0 Å². The zero-order chi connectivity index (χ0) is 17.8. The molecule has 0 aliphatic rings. The zero-order valence-corrected chi connectivity index (χ0v) is 14.2. The highest BCUT2D eigenvalue weighted by molar-refractivity contribution is 5.94. The zero-order valence-electron chi connectivity index (χ0n) is 14.2. The molecule has 128 valence electrons. The Hall–Kier alpha value is -3.22. The Kier molecular flexibility index (Phi) is 4.74. The van der Waals surface area contributed by atoms with Crippen molar-refractivity contribution in [2.45, 2.75) is 26.3 Å². The molecule has 3 aromatic rings. The van der Waals surface area contributed by atoms with Crippen molar-refractivity contribution in [1.29, 1.82) is 0 Å². The molecule has 1 atom stereocenters. The molecular weight excluding hydrogens is 316 g/mol. The van der Waals surface area contributed by atoms with Gasteiger partial charge in [0.1, 0.15) is 5.82 Å². The van der Waals surface area contributed by atoms with Crippen molar-refractivity contribution in [3.8, 4) is 0 Å². The summed E-state index contributed by atoms with van der Waals surface area (Å²) in [5.41, 5.74) is 8.71. The van der Waals surface area contributed by atoms with E-state index in [-0.39, 0.29) is 11.9 Å². The molecule has 7 nitrogen and oxygen atoms in total. The predicted octanol–water partition coefficient (Wildman–Crippen LogP) is 2.47. The molecule has 0 fully saturated rings. The van der Waals surface area contributed by atoms with E-state index >= 15 is 0 Å². The maximum absolute atomic E-state index is 12.3. The second-order valence-electron chi connectivity index (χ2n) is 5.88. The second kappa shape index (κ2) is 7.12. The first-order valence-corrected chi connectivity index (χ1v) is 8.04. The Balaban J connectivity index is 1.58. The fraction of sp³-hybridized carbons (Fsp3) is 0.222. The number of hydrogen-bond donors (Lipinski definition) is 3. The minimum Gasteiger partial charge on any atom is -0.382 e. The molecule has 0 bridgehead atoms. The third kappa shape index (κ3) is 4.00. The monoisotopic (exact) mass is 336 g/mol. The molecule has 4 N–H and O–H groups in total. The number of anilines is 1. The Labute approximate surface area is 145 Å². The first-order chi connectivity index (χ1) is 12.0. The largest absolute Gasteiger partial charge is 0.382 e. The molecule has 0 unspecified atom stereocenters. The number of fused-ring (bicyclic) bond motifs is 1. The van der Waals surface area contributed by atoms with Crippen LogP contribution in [0.3, 0.4) is 0 Å². The van der Waals surface area contributed by atoms with E-state index in [4.69, 9.17) is 5.73 Å². The van der Waals surface area contributed by atoms with Crippen LogP contribution in [0.4, 0.5) is 5.82 Å². The molecule has 0 aliphatic carbocycles. The standard InChI is InChI=1S/C18H20N6O/c1-11(6-5-7-13-10-20-16(19)12(2)22-13)21-18(25)17-23-14-8-3-4-9-15(14)24-17/h3-5,7-11H,6H2,1-2H3,(H2,19,20)(H,21,25)(H,23,24)/b7-5+/t11-/m0/s1. The fourth-order valence-electron chi connectivity index (χ4n) is 2.39. The highest BCUT2D eigenvalue weighted by atomic mass is 16.2. The summed E-state index contributed by atoms with van der Waals surface area (Å²) in [4.78, 5) is 28.0. The Bertz CT molecular complexity index is 897. The highest BCUT2D eigenvalue weighted by Crippen LogP contribution is 2.10. The molecule has 1 aromatic carbocycles. The van der Waals surface area contributed by atoms with Crippen LogP contribution in [0.5, 0.6) is 0 Å². The summed E-state index contributed by atoms with van der Waals surface area (Å²) in [7, 11) is 0. The van der Waals surface area contributed by atoms with E-state index in [2.05, 4.69) is 25.3 Å². The molecule has 3 rings (SSSR count). The number of imidazole rings is 1. The van der Waals surface area contributed by atoms with E-state index in [0.29, 0.717) is 23.8 Å². The maximum atomic E-state index is 12.3. The van der Waals surface area contributed by atoms with Crippen LogP contribution in [0, 0.1) is 6.92 Å². The van der Waals surface area contributed by atoms with Crippen molar-refractivity contribution in [2.75, 3.05) is 5.73 Å². The Morgan fingerprint density at radius 3 is 2.92 bits per heavy atom. The van der Waals surface area contributed by atoms with E-state index in [9.17, 15) is 4.79 Å². The van der Waals surface area contributed by atoms with Gasteiger partial charge in [-0.05, 0) is 38.5 Å². The number of H-pyrrole nitrogens is 1. The van der Waals surface area contributed by atoms with Gasteiger partial charge in [-0.1, -0.05) is 18.2 Å². The number of rotatable bonds is 5. The first kappa shape index (κ1) is 16.6. The van der Waals surface area contributed by atoms with Crippen LogP contribution in [-0.2, 0) is 0 Å². The molecule has 2 heterocycles. The molecule has 0 saturated heterocycles. The lowest BCUT2D eigenvalue weighted by atomic mass is 10.2. The SMILES string of the molecule is Cc1nc(/C=C/C[C@H](C)NC(=O)c2nc3ccccc3[nH]2)cnc1N. The summed E-state index contributed by atoms with van der Waals surface area (Å²) in [6.45, 7) is 3.75. The number of benzene rings is 1. The number of nitrogen functional groups attached to an aromatic ring is 1. The number of carbonyl (C=O) groups excluding carboxylic acids is 1. The van der Waals surface area contributed by atoms with Crippen LogP contribution < -0.4 is 11.1 Å². The Morgan fingerprint density at radius 1 is 1.36 bits per heavy atom. The van der Waals surface area contributed by atoms with E-state index in [1.807, 2.05) is 50.3 Å². The highest BCUT2D eigenvalue weighted by Gasteiger charge is 2.13. The van der Waals surface area contributed by atoms with Crippen LogP contribution in [0.1, 0.15) is 35.4 Å². The van der Waals surface area contributed by atoms with Crippen LogP contribution in [0.15, 0.2) is 36.5 Å². The molecule has 2 aromatic heterocycles. The number of nitrogens with zero attached hydrogens (tertiary/aromatic N) is 3. The quantitative estimate of drug-likeness (QED) is 0.663. The van der Waals surface area contributed by atoms with Crippen molar-refractivity contribution in [1.82, 2.24) is 25.3 Å². The van der Waals surface area contributed by atoms with E-state index in [1.165, 1.54) is 0 Å². The molecule has 7 heteroatoms. The lowest BCUT2D eigenvalue weighted by molar-refractivity contribution is 0.0931. The van der Waals surface area contributed by atoms with Crippen molar-refractivity contribution < 1.29 is 4.79 Å². The van der Waals surface area contributed by atoms with Gasteiger partial charge in [0.2, 0.25) is 0 Å². The molecule has 0 radical (unpaired) electrons. The van der Waals surface area contributed by atoms with E-state index in [0.717, 1.165) is 16.7 Å². The number of hydrogen-bond acceptors (Lipinski definition) is 5. The smallest absolute Gasteiger partial charge is 0.287 e. The number of nitrogens with one attached hydrogen (secondary N) is 2. The number of aryl methyl sites for hydroxylation is 1. The number of nitrogens with two attached hydrogens (primary N) is 1. The summed E-state index contributed by atoms with van der Waals surface area (Å²) >= 11 is 0. The van der Waals surface area contributed by atoms with Gasteiger partial charge in [-0.25, -0.2) is 15.0 Å². The van der Waals surface area contributed by atoms with E-state index in [1.54, 1.807) is 6.20 Å². The van der Waals surface area contributed by atoms with Crippen molar-refractivity contribution in [3.63, 3.8) is 0 Å². The average molecular weight is 336 g/mol. The topological polar surface area (TPSA) is 110 Å². The molecule has 0 saturated carbocycles. The normalized spacial score (nSPS) is 12.6. The summed E-state index contributed by atoms with van der Waals surface area (Å²) in [5, 5.41) is 2.92. The molecule has 0 aliphatic heterocycles. The molecule has 1 amide bonds. The van der Waals surface area contributed by atoms with Crippen molar-refractivity contribution >= 4 is 28.8 Å². The van der Waals surface area contributed by atoms with Gasteiger partial charge in [0.05, 0.1) is 28.6 Å². The third-order valence-electron chi connectivity index (χ3n) is 3.76. The van der Waals surface area contributed by atoms with E-state index < -0.39 is 0 Å². The summed E-state index contributed by atoms with van der Waals surface area (Å²) in [6.07, 6.45) is 6.10. The van der Waals surface area contributed by atoms with Gasteiger partial charge in [0.15, 0.2) is 5.82 Å². The number of carbonyl (C=O) groups is 1. The number of para-hydroxylation sites is 2. The summed E-state index contributed by atoms with van der Waals surface area (Å²) in [6, 6.07) is 7.50. The predicted molar refractivity (Wildman–Crippen MR) is 97.9 cm³/mol. The lowest BCUT2D eigenvalue weighted by Gasteiger charge is -2.10. The summed E-state index contributed by atoms with van der Waals surface area (Å²) in [5.74, 6) is 0.529. The van der Waals surface area contributed by atoms with Gasteiger partial charge in [0.25, 0.3) is 5.91 Å². The van der Waals surface area contributed by atoms with Gasteiger partial charge in [-0.3, -0.25) is 4.79 Å². The van der Waals surface area contributed by atoms with Crippen LogP contribution in [-0.4, -0.2) is 31.9 Å². The van der Waals surface area contributed by atoms with Crippen LogP contribution >= 0.6 is 0 Å². The third-order valence-corrected chi connectivity index (χ3v) is 3.76. The molecule has 25 heavy (non-hydrogen) atoms. The number of aromatic nitrogens is 4. The second-order valence-corrected chi connectivity index (χ2v) is 5.88. The van der Waals surface area contributed by atoms with Crippen molar-refractivity contribution in [3.05, 3.63) is 53.8 Å². The van der Waals surface area contributed by atoms with Gasteiger partial charge < -0.3 is 16.0 Å². The molecular formula is C18H20N6O. The summed E-state index contributed by atoms with van der Waals surface area (Å²) < 4.78 is 0. The Morgan fingerprint density at radius 2 is 2.16 bits per heavy atom. The van der Waals surface area contributed by atoms with Gasteiger partial charge in [-0.15, -0.1) is 0 Å². The first-order valence-electron chi connectivity index (χ1n) is 8.04. The van der Waals surface area contributed by atoms with Gasteiger partial charge in [0, 0.05) is 6.04 Å². The number of aromatic amines is 1. The van der Waals surface area contributed by atoms with Gasteiger partial charge in [-0.2, -0.15) is 0 Å². The maximum Gasteiger partial charge on any atom is 0.287 e. The molecule has 0 spiro atoms. The van der Waals surface area contributed by atoms with Crippen LogP contribution in [0.2, 0.25) is 0 Å². The lowest BCUT2D eigenvalue weighted by Crippen LogP contribution is -2.32. The number of amides is 1. The minimum absolute atomic E-state index is 0.0419.